The molecule has 5 nitrogen and oxygen atoms in total. The Balaban J connectivity index is 2.43. The summed E-state index contributed by atoms with van der Waals surface area (Å²) < 4.78 is 15.0. The van der Waals surface area contributed by atoms with Gasteiger partial charge in [-0.1, -0.05) is 0 Å². The van der Waals surface area contributed by atoms with Gasteiger partial charge in [0.1, 0.15) is 11.3 Å². The molecule has 3 aromatic rings. The summed E-state index contributed by atoms with van der Waals surface area (Å²) in [5, 5.41) is 10.3. The predicted octanol–water partition coefficient (Wildman–Crippen LogP) is 1.85. The van der Waals surface area contributed by atoms with E-state index in [9.17, 15) is 9.50 Å². The summed E-state index contributed by atoms with van der Waals surface area (Å²) in [6.45, 7) is 0. The molecule has 0 aliphatic carbocycles. The monoisotopic (exact) mass is 244 g/mol. The largest absolute Gasteiger partial charge is 0.503 e. The summed E-state index contributed by atoms with van der Waals surface area (Å²) in [5.74, 6) is -1.02. The van der Waals surface area contributed by atoms with Crippen molar-refractivity contribution in [2.75, 3.05) is 5.73 Å². The quantitative estimate of drug-likeness (QED) is 0.684. The second-order valence-corrected chi connectivity index (χ2v) is 3.83. The van der Waals surface area contributed by atoms with Gasteiger partial charge in [-0.3, -0.25) is 0 Å². The Bertz CT molecular complexity index is 725. The minimum atomic E-state index is -0.725. The molecular weight excluding hydrogens is 235 g/mol. The van der Waals surface area contributed by atoms with Gasteiger partial charge in [-0.15, -0.1) is 0 Å². The van der Waals surface area contributed by atoms with Crippen LogP contribution in [-0.2, 0) is 0 Å². The summed E-state index contributed by atoms with van der Waals surface area (Å²) in [5.41, 5.74) is 6.49. The van der Waals surface area contributed by atoms with Crippen LogP contribution in [-0.4, -0.2) is 19.6 Å². The van der Waals surface area contributed by atoms with E-state index in [4.69, 9.17) is 5.73 Å². The maximum Gasteiger partial charge on any atom is 0.178 e. The number of halogens is 1. The molecule has 0 saturated carbocycles. The lowest BCUT2D eigenvalue weighted by atomic mass is 10.1. The average molecular weight is 244 g/mol. The molecule has 1 aromatic carbocycles. The zero-order valence-electron chi connectivity index (χ0n) is 9.21. The highest BCUT2D eigenvalue weighted by Crippen LogP contribution is 2.31. The van der Waals surface area contributed by atoms with Crippen LogP contribution < -0.4 is 5.73 Å². The van der Waals surface area contributed by atoms with Gasteiger partial charge in [0.2, 0.25) is 0 Å². The minimum absolute atomic E-state index is 0.138. The minimum Gasteiger partial charge on any atom is -0.503 e. The summed E-state index contributed by atoms with van der Waals surface area (Å²) in [6.07, 6.45) is 4.94. The van der Waals surface area contributed by atoms with Crippen molar-refractivity contribution in [3.63, 3.8) is 0 Å². The fourth-order valence-electron chi connectivity index (χ4n) is 1.87. The van der Waals surface area contributed by atoms with Gasteiger partial charge in [-0.2, -0.15) is 0 Å². The van der Waals surface area contributed by atoms with Crippen LogP contribution in [0.4, 0.5) is 10.2 Å². The third-order valence-corrected chi connectivity index (χ3v) is 2.69. The van der Waals surface area contributed by atoms with Gasteiger partial charge in [0.25, 0.3) is 0 Å². The van der Waals surface area contributed by atoms with Crippen LogP contribution in [0, 0.1) is 5.82 Å². The highest BCUT2D eigenvalue weighted by Gasteiger charge is 2.12. The van der Waals surface area contributed by atoms with Gasteiger partial charge in [-0.25, -0.2) is 14.4 Å². The number of phenols is 1. The van der Waals surface area contributed by atoms with Crippen molar-refractivity contribution in [3.05, 3.63) is 42.7 Å². The second-order valence-electron chi connectivity index (χ2n) is 3.83. The number of aromatic hydroxyl groups is 1. The Morgan fingerprint density at radius 3 is 2.89 bits per heavy atom. The van der Waals surface area contributed by atoms with Crippen LogP contribution >= 0.6 is 0 Å². The number of rotatable bonds is 1. The smallest absolute Gasteiger partial charge is 0.178 e. The van der Waals surface area contributed by atoms with Gasteiger partial charge >= 0.3 is 0 Å². The van der Waals surface area contributed by atoms with E-state index in [1.807, 2.05) is 0 Å². The Hall–Kier alpha value is -2.63. The summed E-state index contributed by atoms with van der Waals surface area (Å²) in [4.78, 5) is 7.90. The van der Waals surface area contributed by atoms with Gasteiger partial charge in [0.05, 0.1) is 12.0 Å². The molecule has 3 N–H and O–H groups in total. The number of pyridine rings is 1. The average Bonchev–Trinajstić information content (AvgIpc) is 2.87. The lowest BCUT2D eigenvalue weighted by Gasteiger charge is -2.09. The van der Waals surface area contributed by atoms with E-state index < -0.39 is 11.6 Å². The Labute approximate surface area is 101 Å². The molecule has 2 heterocycles. The second kappa shape index (κ2) is 3.69. The third kappa shape index (κ3) is 1.46. The Morgan fingerprint density at radius 2 is 2.17 bits per heavy atom. The van der Waals surface area contributed by atoms with E-state index in [0.29, 0.717) is 11.1 Å². The number of hydrogen-bond donors (Lipinski definition) is 2. The van der Waals surface area contributed by atoms with Gasteiger partial charge in [0.15, 0.2) is 11.6 Å². The first-order chi connectivity index (χ1) is 8.66. The third-order valence-electron chi connectivity index (χ3n) is 2.69. The maximum absolute atomic E-state index is 13.3. The van der Waals surface area contributed by atoms with E-state index in [-0.39, 0.29) is 11.3 Å². The molecule has 0 unspecified atom stereocenters. The molecule has 0 aliphatic heterocycles. The normalized spacial score (nSPS) is 10.9. The van der Waals surface area contributed by atoms with E-state index >= 15 is 0 Å². The Kier molecular flexibility index (Phi) is 2.16. The van der Waals surface area contributed by atoms with Crippen LogP contribution in [0.15, 0.2) is 36.9 Å². The number of nitrogens with zero attached hydrogens (tertiary/aromatic N) is 3. The van der Waals surface area contributed by atoms with Gasteiger partial charge < -0.3 is 15.4 Å². The number of hydrogen-bond acceptors (Lipinski definition) is 4. The molecule has 0 bridgehead atoms. The highest BCUT2D eigenvalue weighted by molar-refractivity contribution is 5.92. The molecular formula is C12H9FN4O. The number of nitrogen functional groups attached to an aromatic ring is 1. The van der Waals surface area contributed by atoms with Gasteiger partial charge in [0, 0.05) is 23.8 Å². The molecule has 0 radical (unpaired) electrons. The van der Waals surface area contributed by atoms with E-state index in [0.717, 1.165) is 0 Å². The summed E-state index contributed by atoms with van der Waals surface area (Å²) in [6, 6.07) is 4.38. The molecule has 0 atom stereocenters. The highest BCUT2D eigenvalue weighted by atomic mass is 19.1. The van der Waals surface area contributed by atoms with Crippen molar-refractivity contribution in [2.45, 2.75) is 0 Å². The van der Waals surface area contributed by atoms with Crippen LogP contribution in [0.25, 0.3) is 16.6 Å². The SMILES string of the molecule is Nc1cc(-n2ccnc2)c2ccc(F)c(O)c2n1. The van der Waals surface area contributed by atoms with Crippen LogP contribution in [0.2, 0.25) is 0 Å². The first-order valence-corrected chi connectivity index (χ1v) is 5.23. The van der Waals surface area contributed by atoms with Crippen LogP contribution in [0.1, 0.15) is 0 Å². The number of fused-ring (bicyclic) bond motifs is 1. The van der Waals surface area contributed by atoms with Crippen LogP contribution in [0.3, 0.4) is 0 Å². The van der Waals surface area contributed by atoms with Crippen molar-refractivity contribution in [3.8, 4) is 11.4 Å². The number of imidazole rings is 1. The molecule has 6 heteroatoms. The molecule has 0 amide bonds. The maximum atomic E-state index is 13.3. The molecule has 3 rings (SSSR count). The Morgan fingerprint density at radius 1 is 1.33 bits per heavy atom. The number of nitrogens with two attached hydrogens (primary N) is 1. The molecule has 0 fully saturated rings. The fourth-order valence-corrected chi connectivity index (χ4v) is 1.87. The molecule has 0 saturated heterocycles. The molecule has 0 spiro atoms. The van der Waals surface area contributed by atoms with Crippen molar-refractivity contribution >= 4 is 16.7 Å². The standard InChI is InChI=1S/C12H9FN4O/c13-8-2-1-7-9(17-4-3-15-6-17)5-10(14)16-11(7)12(8)18/h1-6,18H,(H2,14,16). The zero-order chi connectivity index (χ0) is 12.7. The lowest BCUT2D eigenvalue weighted by Crippen LogP contribution is -1.98. The molecule has 2 aromatic heterocycles. The number of benzene rings is 1. The summed E-state index contributed by atoms with van der Waals surface area (Å²) >= 11 is 0. The molecule has 90 valence electrons. The molecule has 0 aliphatic rings. The number of aromatic nitrogens is 3. The number of anilines is 1. The molecule has 18 heavy (non-hydrogen) atoms. The summed E-state index contributed by atoms with van der Waals surface area (Å²) in [7, 11) is 0. The van der Waals surface area contributed by atoms with E-state index in [1.165, 1.54) is 6.07 Å². The zero-order valence-corrected chi connectivity index (χ0v) is 9.21. The fraction of sp³-hybridized carbons (Fsp3) is 0. The van der Waals surface area contributed by atoms with Crippen LogP contribution in [0.5, 0.6) is 5.75 Å². The van der Waals surface area contributed by atoms with Crippen molar-refractivity contribution < 1.29 is 9.50 Å². The number of phenolic OH excluding ortho intramolecular Hbond substituents is 1. The lowest BCUT2D eigenvalue weighted by molar-refractivity contribution is 0.437. The predicted molar refractivity (Wildman–Crippen MR) is 64.9 cm³/mol. The topological polar surface area (TPSA) is 77.0 Å². The first kappa shape index (κ1) is 10.5. The van der Waals surface area contributed by atoms with E-state index in [1.54, 1.807) is 35.4 Å². The van der Waals surface area contributed by atoms with Crippen molar-refractivity contribution in [2.24, 2.45) is 0 Å². The van der Waals surface area contributed by atoms with Gasteiger partial charge in [-0.05, 0) is 12.1 Å². The van der Waals surface area contributed by atoms with Crippen molar-refractivity contribution in [1.29, 1.82) is 0 Å². The van der Waals surface area contributed by atoms with E-state index in [2.05, 4.69) is 9.97 Å². The van der Waals surface area contributed by atoms with Crippen molar-refractivity contribution in [1.82, 2.24) is 14.5 Å². The first-order valence-electron chi connectivity index (χ1n) is 5.23.